The maximum Gasteiger partial charge on any atom is 0.0992 e. The first-order valence-corrected chi connectivity index (χ1v) is 10.8. The van der Waals surface area contributed by atoms with E-state index in [1.165, 1.54) is 22.3 Å². The van der Waals surface area contributed by atoms with Crippen LogP contribution in [0.25, 0.3) is 5.57 Å². The molecular formula is C26H31N5. The van der Waals surface area contributed by atoms with Gasteiger partial charge in [0.05, 0.1) is 17.3 Å². The predicted molar refractivity (Wildman–Crippen MR) is 130 cm³/mol. The number of allylic oxidation sites excluding steroid dienone is 1. The third-order valence-electron chi connectivity index (χ3n) is 5.72. The Bertz CT molecular complexity index is 1040. The minimum Gasteiger partial charge on any atom is -0.404 e. The molecule has 0 radical (unpaired) electrons. The van der Waals surface area contributed by atoms with Crippen LogP contribution in [0.15, 0.2) is 59.7 Å². The van der Waals surface area contributed by atoms with Gasteiger partial charge < -0.3 is 11.5 Å². The lowest BCUT2D eigenvalue weighted by Gasteiger charge is -2.22. The van der Waals surface area contributed by atoms with Gasteiger partial charge in [-0.05, 0) is 84.5 Å². The van der Waals surface area contributed by atoms with Crippen LogP contribution in [0, 0.1) is 11.3 Å². The molecule has 0 aromatic heterocycles. The molecule has 1 aliphatic carbocycles. The quantitative estimate of drug-likeness (QED) is 0.464. The van der Waals surface area contributed by atoms with E-state index in [1.54, 1.807) is 24.5 Å². The van der Waals surface area contributed by atoms with Gasteiger partial charge in [-0.25, -0.2) is 0 Å². The lowest BCUT2D eigenvalue weighted by molar-refractivity contribution is 0.304. The average molecular weight is 414 g/mol. The number of hydrogen-bond acceptors (Lipinski definition) is 5. The second-order valence-corrected chi connectivity index (χ2v) is 7.96. The Morgan fingerprint density at radius 3 is 2.84 bits per heavy atom. The zero-order chi connectivity index (χ0) is 22.2. The first-order chi connectivity index (χ1) is 15.0. The monoisotopic (exact) mass is 413 g/mol. The van der Waals surface area contributed by atoms with Gasteiger partial charge in [0.1, 0.15) is 0 Å². The number of aliphatic imine (C=N–C) groups is 1. The Balaban J connectivity index is 1.65. The SMILES string of the molecule is C=C1CCc2c1ccc(CCN(CCC)CC(C=Nc1cccc(C#N)c1)=CN)c2N. The number of anilines is 1. The number of nitriles is 1. The minimum absolute atomic E-state index is 0.594. The van der Waals surface area contributed by atoms with Crippen molar-refractivity contribution in [3.05, 3.63) is 77.0 Å². The molecule has 0 aliphatic heterocycles. The van der Waals surface area contributed by atoms with E-state index >= 15 is 0 Å². The summed E-state index contributed by atoms with van der Waals surface area (Å²) in [7, 11) is 0. The highest BCUT2D eigenvalue weighted by molar-refractivity contribution is 5.81. The van der Waals surface area contributed by atoms with Gasteiger partial charge in [-0.15, -0.1) is 0 Å². The summed E-state index contributed by atoms with van der Waals surface area (Å²) in [6, 6.07) is 13.7. The fourth-order valence-corrected chi connectivity index (χ4v) is 4.02. The Morgan fingerprint density at radius 2 is 2.10 bits per heavy atom. The van der Waals surface area contributed by atoms with E-state index in [2.05, 4.69) is 41.6 Å². The summed E-state index contributed by atoms with van der Waals surface area (Å²) in [6.07, 6.45) is 7.34. The van der Waals surface area contributed by atoms with Crippen LogP contribution in [0.4, 0.5) is 11.4 Å². The summed E-state index contributed by atoms with van der Waals surface area (Å²) in [5.74, 6) is 0. The number of rotatable bonds is 9. The van der Waals surface area contributed by atoms with Crippen molar-refractivity contribution in [1.82, 2.24) is 4.90 Å². The van der Waals surface area contributed by atoms with E-state index in [0.29, 0.717) is 12.1 Å². The fraction of sp³-hybridized carbons (Fsp3) is 0.308. The van der Waals surface area contributed by atoms with Crippen LogP contribution >= 0.6 is 0 Å². The third-order valence-corrected chi connectivity index (χ3v) is 5.72. The molecule has 0 bridgehead atoms. The molecule has 31 heavy (non-hydrogen) atoms. The number of hydrogen-bond donors (Lipinski definition) is 2. The van der Waals surface area contributed by atoms with Gasteiger partial charge in [-0.2, -0.15) is 5.26 Å². The van der Waals surface area contributed by atoms with E-state index in [0.717, 1.165) is 55.7 Å². The van der Waals surface area contributed by atoms with Crippen molar-refractivity contribution in [2.75, 3.05) is 25.4 Å². The molecule has 0 saturated heterocycles. The first kappa shape index (κ1) is 22.3. The summed E-state index contributed by atoms with van der Waals surface area (Å²) < 4.78 is 0. The van der Waals surface area contributed by atoms with Gasteiger partial charge in [-0.3, -0.25) is 9.89 Å². The minimum atomic E-state index is 0.594. The molecule has 4 N–H and O–H groups in total. The van der Waals surface area contributed by atoms with Gasteiger partial charge >= 0.3 is 0 Å². The molecule has 0 heterocycles. The molecule has 5 nitrogen and oxygen atoms in total. The summed E-state index contributed by atoms with van der Waals surface area (Å²) in [5.41, 5.74) is 20.5. The molecule has 0 saturated carbocycles. The van der Waals surface area contributed by atoms with Crippen molar-refractivity contribution in [1.29, 1.82) is 5.26 Å². The summed E-state index contributed by atoms with van der Waals surface area (Å²) in [5, 5.41) is 9.05. The van der Waals surface area contributed by atoms with Crippen LogP contribution in [-0.2, 0) is 12.8 Å². The molecule has 0 unspecified atom stereocenters. The maximum absolute atomic E-state index is 9.05. The number of nitrogens with zero attached hydrogens (tertiary/aromatic N) is 3. The first-order valence-electron chi connectivity index (χ1n) is 10.8. The second kappa shape index (κ2) is 10.6. The van der Waals surface area contributed by atoms with Crippen LogP contribution in [0.3, 0.4) is 0 Å². The maximum atomic E-state index is 9.05. The van der Waals surface area contributed by atoms with Gasteiger partial charge in [0.2, 0.25) is 0 Å². The lowest BCUT2D eigenvalue weighted by Crippen LogP contribution is -2.30. The zero-order valence-corrected chi connectivity index (χ0v) is 18.3. The molecule has 160 valence electrons. The Labute approximate surface area is 185 Å². The Hall–Kier alpha value is -3.36. The van der Waals surface area contributed by atoms with E-state index in [4.69, 9.17) is 16.7 Å². The number of benzene rings is 2. The van der Waals surface area contributed by atoms with Crippen molar-refractivity contribution in [2.45, 2.75) is 32.6 Å². The van der Waals surface area contributed by atoms with E-state index in [1.807, 2.05) is 12.1 Å². The summed E-state index contributed by atoms with van der Waals surface area (Å²) in [4.78, 5) is 6.88. The molecular weight excluding hydrogens is 382 g/mol. The smallest absolute Gasteiger partial charge is 0.0992 e. The highest BCUT2D eigenvalue weighted by atomic mass is 15.1. The van der Waals surface area contributed by atoms with Gasteiger partial charge in [0.25, 0.3) is 0 Å². The highest BCUT2D eigenvalue weighted by Crippen LogP contribution is 2.36. The lowest BCUT2D eigenvalue weighted by atomic mass is 10.00. The third kappa shape index (κ3) is 5.62. The number of fused-ring (bicyclic) bond motifs is 1. The van der Waals surface area contributed by atoms with Crippen molar-refractivity contribution in [2.24, 2.45) is 10.7 Å². The van der Waals surface area contributed by atoms with Crippen LogP contribution in [-0.4, -0.2) is 30.7 Å². The van der Waals surface area contributed by atoms with Crippen LogP contribution in [0.5, 0.6) is 0 Å². The summed E-state index contributed by atoms with van der Waals surface area (Å²) in [6.45, 7) is 8.90. The van der Waals surface area contributed by atoms with E-state index < -0.39 is 0 Å². The largest absolute Gasteiger partial charge is 0.404 e. The Morgan fingerprint density at radius 1 is 1.26 bits per heavy atom. The molecule has 0 atom stereocenters. The van der Waals surface area contributed by atoms with Crippen LogP contribution < -0.4 is 11.5 Å². The molecule has 0 spiro atoms. The highest BCUT2D eigenvalue weighted by Gasteiger charge is 2.19. The topological polar surface area (TPSA) is 91.4 Å². The van der Waals surface area contributed by atoms with Gasteiger partial charge in [-0.1, -0.05) is 31.7 Å². The molecule has 0 fully saturated rings. The standard InChI is InChI=1S/C26H31N5/c1-3-12-31(13-11-22-8-10-24-19(2)7-9-25(24)26(22)29)18-21(16-28)17-30-23-6-4-5-20(14-23)15-27/h4-6,8,10,14,16-17H,2-3,7,9,11-13,18,28-29H2,1H3. The number of nitrogens with two attached hydrogens (primary N) is 2. The number of nitrogen functional groups attached to an aromatic ring is 1. The van der Waals surface area contributed by atoms with Crippen LogP contribution in [0.1, 0.15) is 42.0 Å². The predicted octanol–water partition coefficient (Wildman–Crippen LogP) is 4.60. The van der Waals surface area contributed by atoms with Crippen molar-refractivity contribution in [3.8, 4) is 6.07 Å². The van der Waals surface area contributed by atoms with E-state index in [9.17, 15) is 0 Å². The van der Waals surface area contributed by atoms with Crippen molar-refractivity contribution >= 4 is 23.2 Å². The molecule has 2 aromatic carbocycles. The second-order valence-electron chi connectivity index (χ2n) is 7.96. The molecule has 1 aliphatic rings. The van der Waals surface area contributed by atoms with Crippen LogP contribution in [0.2, 0.25) is 0 Å². The average Bonchev–Trinajstić information content (AvgIpc) is 3.17. The molecule has 2 aromatic rings. The molecule has 5 heteroatoms. The molecule has 3 rings (SSSR count). The fourth-order valence-electron chi connectivity index (χ4n) is 4.02. The van der Waals surface area contributed by atoms with Crippen molar-refractivity contribution in [3.63, 3.8) is 0 Å². The van der Waals surface area contributed by atoms with Gasteiger partial charge in [0, 0.05) is 25.0 Å². The normalized spacial score (nSPS) is 13.7. The zero-order valence-electron chi connectivity index (χ0n) is 18.3. The molecule has 0 amide bonds. The summed E-state index contributed by atoms with van der Waals surface area (Å²) >= 11 is 0. The van der Waals surface area contributed by atoms with Crippen molar-refractivity contribution < 1.29 is 0 Å². The van der Waals surface area contributed by atoms with Gasteiger partial charge in [0.15, 0.2) is 0 Å². The Kier molecular flexibility index (Phi) is 7.64. The van der Waals surface area contributed by atoms with E-state index in [-0.39, 0.29) is 0 Å².